The highest BCUT2D eigenvalue weighted by Gasteiger charge is 2.29. The average Bonchev–Trinajstić information content (AvgIpc) is 3.22. The highest BCUT2D eigenvalue weighted by Crippen LogP contribution is 2.39. The van der Waals surface area contributed by atoms with E-state index in [0.29, 0.717) is 11.2 Å². The summed E-state index contributed by atoms with van der Waals surface area (Å²) in [5.74, 6) is 2.49. The predicted octanol–water partition coefficient (Wildman–Crippen LogP) is 3.06. The van der Waals surface area contributed by atoms with Gasteiger partial charge in [-0.1, -0.05) is 12.1 Å². The summed E-state index contributed by atoms with van der Waals surface area (Å²) in [6.07, 6.45) is 3.33. The summed E-state index contributed by atoms with van der Waals surface area (Å²) in [7, 11) is 1.67. The summed E-state index contributed by atoms with van der Waals surface area (Å²) in [6.45, 7) is 0.823. The van der Waals surface area contributed by atoms with Gasteiger partial charge in [-0.2, -0.15) is 0 Å². The van der Waals surface area contributed by atoms with Crippen LogP contribution in [0.5, 0.6) is 5.75 Å². The summed E-state index contributed by atoms with van der Waals surface area (Å²) < 4.78 is 7.18. The molecule has 0 spiro atoms. The number of rotatable bonds is 5. The number of methoxy groups -OCH3 is 1. The van der Waals surface area contributed by atoms with Gasteiger partial charge in [-0.15, -0.1) is 10.2 Å². The van der Waals surface area contributed by atoms with Crippen LogP contribution in [0, 0.1) is 0 Å². The molecule has 0 unspecified atom stereocenters. The lowest BCUT2D eigenvalue weighted by molar-refractivity contribution is 0.414. The largest absolute Gasteiger partial charge is 0.497 e. The van der Waals surface area contributed by atoms with Crippen molar-refractivity contribution in [3.8, 4) is 5.75 Å². The van der Waals surface area contributed by atoms with Crippen molar-refractivity contribution in [3.63, 3.8) is 0 Å². The Morgan fingerprint density at radius 3 is 2.63 bits per heavy atom. The summed E-state index contributed by atoms with van der Waals surface area (Å²) >= 11 is 6.10. The molecule has 2 aromatic rings. The number of aryl methyl sites for hydroxylation is 1. The van der Waals surface area contributed by atoms with Gasteiger partial charge in [-0.3, -0.25) is 0 Å². The van der Waals surface area contributed by atoms with E-state index in [-0.39, 0.29) is 0 Å². The standard InChI is InChI=1S/C14H16ClN3O/c1-19-12-6-2-10(3-7-12)8-9-18-13(11-4-5-11)16-17-14(18)15/h2-3,6-7,11H,4-5,8-9H2,1H3. The Labute approximate surface area is 117 Å². The minimum absolute atomic E-state index is 0.496. The Morgan fingerprint density at radius 1 is 1.26 bits per heavy atom. The van der Waals surface area contributed by atoms with Crippen molar-refractivity contribution in [1.82, 2.24) is 14.8 Å². The Balaban J connectivity index is 1.69. The lowest BCUT2D eigenvalue weighted by Gasteiger charge is -2.07. The third kappa shape index (κ3) is 2.73. The third-order valence-electron chi connectivity index (χ3n) is 3.46. The Bertz CT molecular complexity index is 561. The first-order valence-corrected chi connectivity index (χ1v) is 6.87. The Morgan fingerprint density at radius 2 is 2.00 bits per heavy atom. The first-order chi connectivity index (χ1) is 9.28. The van der Waals surface area contributed by atoms with Crippen molar-refractivity contribution < 1.29 is 4.74 Å². The highest BCUT2D eigenvalue weighted by atomic mass is 35.5. The molecule has 5 heteroatoms. The minimum Gasteiger partial charge on any atom is -0.497 e. The van der Waals surface area contributed by atoms with Gasteiger partial charge in [0, 0.05) is 12.5 Å². The van der Waals surface area contributed by atoms with Crippen molar-refractivity contribution in [2.75, 3.05) is 7.11 Å². The van der Waals surface area contributed by atoms with Crippen LogP contribution in [0.1, 0.15) is 30.1 Å². The number of benzene rings is 1. The van der Waals surface area contributed by atoms with E-state index in [2.05, 4.69) is 22.3 Å². The second-order valence-electron chi connectivity index (χ2n) is 4.85. The molecule has 0 radical (unpaired) electrons. The summed E-state index contributed by atoms with van der Waals surface area (Å²) in [6, 6.07) is 8.11. The van der Waals surface area contributed by atoms with Crippen molar-refractivity contribution in [2.24, 2.45) is 0 Å². The van der Waals surface area contributed by atoms with E-state index in [1.165, 1.54) is 18.4 Å². The van der Waals surface area contributed by atoms with Crippen molar-refractivity contribution >= 4 is 11.6 Å². The van der Waals surface area contributed by atoms with Crippen LogP contribution in [0.25, 0.3) is 0 Å². The molecule has 0 aliphatic heterocycles. The van der Waals surface area contributed by atoms with Crippen LogP contribution in [0.3, 0.4) is 0 Å². The number of ether oxygens (including phenoxy) is 1. The van der Waals surface area contributed by atoms with Gasteiger partial charge in [-0.05, 0) is 48.6 Å². The quantitative estimate of drug-likeness (QED) is 0.843. The van der Waals surface area contributed by atoms with Crippen LogP contribution < -0.4 is 4.74 Å². The molecule has 0 amide bonds. The smallest absolute Gasteiger partial charge is 0.225 e. The minimum atomic E-state index is 0.496. The molecule has 1 aromatic heterocycles. The predicted molar refractivity (Wildman–Crippen MR) is 73.7 cm³/mol. The lowest BCUT2D eigenvalue weighted by Crippen LogP contribution is -2.05. The number of hydrogen-bond donors (Lipinski definition) is 0. The summed E-state index contributed by atoms with van der Waals surface area (Å²) in [5, 5.41) is 8.65. The molecule has 1 heterocycles. The molecular formula is C14H16ClN3O. The van der Waals surface area contributed by atoms with Gasteiger partial charge in [0.2, 0.25) is 5.28 Å². The van der Waals surface area contributed by atoms with Crippen molar-refractivity contribution in [3.05, 3.63) is 40.9 Å². The van der Waals surface area contributed by atoms with E-state index in [0.717, 1.165) is 24.5 Å². The first-order valence-electron chi connectivity index (χ1n) is 6.49. The maximum atomic E-state index is 6.10. The number of hydrogen-bond acceptors (Lipinski definition) is 3. The molecule has 3 rings (SSSR count). The average molecular weight is 278 g/mol. The molecule has 0 saturated heterocycles. The van der Waals surface area contributed by atoms with Gasteiger partial charge in [0.05, 0.1) is 7.11 Å². The van der Waals surface area contributed by atoms with Gasteiger partial charge in [0.25, 0.3) is 0 Å². The maximum absolute atomic E-state index is 6.10. The summed E-state index contributed by atoms with van der Waals surface area (Å²) in [4.78, 5) is 0. The molecule has 0 bridgehead atoms. The highest BCUT2D eigenvalue weighted by molar-refractivity contribution is 6.28. The number of halogens is 1. The normalized spacial score (nSPS) is 14.6. The molecule has 100 valence electrons. The molecule has 1 aliphatic carbocycles. The maximum Gasteiger partial charge on any atom is 0.225 e. The fourth-order valence-corrected chi connectivity index (χ4v) is 2.39. The SMILES string of the molecule is COc1ccc(CCn2c(Cl)nnc2C2CC2)cc1. The fourth-order valence-electron chi connectivity index (χ4n) is 2.18. The van der Waals surface area contributed by atoms with Gasteiger partial charge in [0.1, 0.15) is 11.6 Å². The van der Waals surface area contributed by atoms with Crippen LogP contribution in [-0.4, -0.2) is 21.9 Å². The van der Waals surface area contributed by atoms with Crippen LogP contribution in [0.2, 0.25) is 5.28 Å². The molecule has 1 fully saturated rings. The van der Waals surface area contributed by atoms with E-state index in [9.17, 15) is 0 Å². The van der Waals surface area contributed by atoms with Crippen LogP contribution in [-0.2, 0) is 13.0 Å². The Hall–Kier alpha value is -1.55. The molecule has 0 N–H and O–H groups in total. The van der Waals surface area contributed by atoms with E-state index >= 15 is 0 Å². The lowest BCUT2D eigenvalue weighted by atomic mass is 10.1. The van der Waals surface area contributed by atoms with E-state index in [1.54, 1.807) is 7.11 Å². The molecule has 1 aromatic carbocycles. The zero-order valence-corrected chi connectivity index (χ0v) is 11.6. The number of aromatic nitrogens is 3. The zero-order chi connectivity index (χ0) is 13.2. The molecule has 1 saturated carbocycles. The van der Waals surface area contributed by atoms with Crippen LogP contribution in [0.15, 0.2) is 24.3 Å². The number of nitrogens with zero attached hydrogens (tertiary/aromatic N) is 3. The molecule has 1 aliphatic rings. The fraction of sp³-hybridized carbons (Fsp3) is 0.429. The molecule has 4 nitrogen and oxygen atoms in total. The summed E-state index contributed by atoms with van der Waals surface area (Å²) in [5.41, 5.74) is 1.26. The molecule has 0 atom stereocenters. The topological polar surface area (TPSA) is 39.9 Å². The molecule has 19 heavy (non-hydrogen) atoms. The zero-order valence-electron chi connectivity index (χ0n) is 10.8. The van der Waals surface area contributed by atoms with Gasteiger partial charge >= 0.3 is 0 Å². The van der Waals surface area contributed by atoms with Gasteiger partial charge in [-0.25, -0.2) is 0 Å². The van der Waals surface area contributed by atoms with Gasteiger partial charge < -0.3 is 9.30 Å². The first kappa shape index (κ1) is 12.5. The van der Waals surface area contributed by atoms with Crippen molar-refractivity contribution in [2.45, 2.75) is 31.7 Å². The van der Waals surface area contributed by atoms with Crippen LogP contribution in [0.4, 0.5) is 0 Å². The third-order valence-corrected chi connectivity index (χ3v) is 3.74. The van der Waals surface area contributed by atoms with Crippen molar-refractivity contribution in [1.29, 1.82) is 0 Å². The second kappa shape index (κ2) is 5.21. The molecular weight excluding hydrogens is 262 g/mol. The van der Waals surface area contributed by atoms with Crippen LogP contribution >= 0.6 is 11.6 Å². The van der Waals surface area contributed by atoms with Gasteiger partial charge in [0.15, 0.2) is 0 Å². The second-order valence-corrected chi connectivity index (χ2v) is 5.19. The van der Waals surface area contributed by atoms with E-state index in [1.807, 2.05) is 16.7 Å². The van der Waals surface area contributed by atoms with E-state index in [4.69, 9.17) is 16.3 Å². The monoisotopic (exact) mass is 277 g/mol. The Kier molecular flexibility index (Phi) is 3.42. The van der Waals surface area contributed by atoms with E-state index < -0.39 is 0 Å².